The molecule has 1 saturated heterocycles. The number of benzene rings is 1. The van der Waals surface area contributed by atoms with Crippen LogP contribution in [0.3, 0.4) is 0 Å². The highest BCUT2D eigenvalue weighted by atomic mass is 19.4. The fraction of sp³-hybridized carbons (Fsp3) is 0.333. The first-order valence-electron chi connectivity index (χ1n) is 8.68. The molecule has 0 bridgehead atoms. The van der Waals surface area contributed by atoms with Crippen LogP contribution in [0.4, 0.5) is 19.0 Å². The second-order valence-corrected chi connectivity index (χ2v) is 6.61. The van der Waals surface area contributed by atoms with E-state index in [0.717, 1.165) is 0 Å². The number of hydrogen-bond donors (Lipinski definition) is 3. The van der Waals surface area contributed by atoms with E-state index in [4.69, 9.17) is 10.5 Å². The molecule has 4 rings (SSSR count). The summed E-state index contributed by atoms with van der Waals surface area (Å²) in [4.78, 5) is 8.22. The summed E-state index contributed by atoms with van der Waals surface area (Å²) in [5.41, 5.74) is 7.53. The van der Waals surface area contributed by atoms with Crippen LogP contribution in [0.1, 0.15) is 12.6 Å². The summed E-state index contributed by atoms with van der Waals surface area (Å²) in [6.45, 7) is -0.239. The number of anilines is 1. The van der Waals surface area contributed by atoms with E-state index in [1.165, 1.54) is 30.6 Å². The Balaban J connectivity index is 1.78. The SMILES string of the molecule is Nc1ncnc2c1c(-c1ccc(OC(F)(F)F)cc1)cn2[C@@H]1O[C@H](CO)C[C@H]1O. The van der Waals surface area contributed by atoms with Gasteiger partial charge in [-0.3, -0.25) is 0 Å². The van der Waals surface area contributed by atoms with Crippen molar-refractivity contribution in [3.63, 3.8) is 0 Å². The van der Waals surface area contributed by atoms with Crippen molar-refractivity contribution in [2.24, 2.45) is 0 Å². The molecule has 3 atom stereocenters. The highest BCUT2D eigenvalue weighted by molar-refractivity contribution is 6.00. The Morgan fingerprint density at radius 1 is 1.24 bits per heavy atom. The molecule has 2 aromatic heterocycles. The molecule has 0 spiro atoms. The van der Waals surface area contributed by atoms with Gasteiger partial charge in [0.25, 0.3) is 0 Å². The molecule has 1 aliphatic rings. The highest BCUT2D eigenvalue weighted by Gasteiger charge is 2.36. The van der Waals surface area contributed by atoms with Crippen molar-refractivity contribution in [2.45, 2.75) is 31.2 Å². The third-order valence-electron chi connectivity index (χ3n) is 4.68. The molecule has 0 unspecified atom stereocenters. The summed E-state index contributed by atoms with van der Waals surface area (Å²) in [6.07, 6.45) is -3.82. The van der Waals surface area contributed by atoms with Gasteiger partial charge in [-0.15, -0.1) is 13.2 Å². The fourth-order valence-electron chi connectivity index (χ4n) is 3.46. The number of halogens is 3. The minimum Gasteiger partial charge on any atom is -0.406 e. The van der Waals surface area contributed by atoms with Gasteiger partial charge in [-0.25, -0.2) is 9.97 Å². The number of aliphatic hydroxyl groups excluding tert-OH is 2. The van der Waals surface area contributed by atoms with Gasteiger partial charge in [0.15, 0.2) is 6.23 Å². The van der Waals surface area contributed by atoms with Gasteiger partial charge < -0.3 is 30.0 Å². The highest BCUT2D eigenvalue weighted by Crippen LogP contribution is 2.38. The van der Waals surface area contributed by atoms with Crippen molar-refractivity contribution in [1.29, 1.82) is 0 Å². The smallest absolute Gasteiger partial charge is 0.406 e. The summed E-state index contributed by atoms with van der Waals surface area (Å²) in [5, 5.41) is 20.1. The number of nitrogens with zero attached hydrogens (tertiary/aromatic N) is 3. The number of hydrogen-bond acceptors (Lipinski definition) is 7. The standard InChI is InChI=1S/C18H17F3N4O4/c19-18(20,21)29-10-3-1-9(2-4-10)12-6-25(16-14(12)15(22)23-8-24-16)17-13(27)5-11(7-26)28-17/h1-4,6,8,11,13,17,26-27H,5,7H2,(H2,22,23,24)/t11-,13+,17+/m0/s1. The lowest BCUT2D eigenvalue weighted by molar-refractivity contribution is -0.274. The van der Waals surface area contributed by atoms with Crippen molar-refractivity contribution in [1.82, 2.24) is 14.5 Å². The molecule has 0 amide bonds. The number of ether oxygens (including phenoxy) is 2. The van der Waals surface area contributed by atoms with E-state index in [1.807, 2.05) is 0 Å². The van der Waals surface area contributed by atoms with Gasteiger partial charge in [-0.1, -0.05) is 12.1 Å². The third-order valence-corrected chi connectivity index (χ3v) is 4.68. The maximum absolute atomic E-state index is 12.4. The van der Waals surface area contributed by atoms with Gasteiger partial charge in [-0.2, -0.15) is 0 Å². The summed E-state index contributed by atoms with van der Waals surface area (Å²) < 4.78 is 48.3. The summed E-state index contributed by atoms with van der Waals surface area (Å²) in [6, 6.07) is 5.29. The number of aromatic nitrogens is 3. The lowest BCUT2D eigenvalue weighted by Crippen LogP contribution is -2.19. The van der Waals surface area contributed by atoms with Gasteiger partial charge in [0.1, 0.15) is 29.6 Å². The molecule has 0 saturated carbocycles. The Morgan fingerprint density at radius 2 is 1.97 bits per heavy atom. The predicted octanol–water partition coefficient (Wildman–Crippen LogP) is 2.22. The van der Waals surface area contributed by atoms with Gasteiger partial charge in [0.2, 0.25) is 0 Å². The van der Waals surface area contributed by atoms with Gasteiger partial charge >= 0.3 is 6.36 Å². The van der Waals surface area contributed by atoms with Crippen LogP contribution < -0.4 is 10.5 Å². The van der Waals surface area contributed by atoms with E-state index in [-0.39, 0.29) is 24.6 Å². The van der Waals surface area contributed by atoms with Crippen LogP contribution >= 0.6 is 0 Å². The minimum absolute atomic E-state index is 0.172. The molecule has 3 heterocycles. The molecule has 4 N–H and O–H groups in total. The van der Waals surface area contributed by atoms with Gasteiger partial charge in [0, 0.05) is 18.2 Å². The molecular formula is C18H17F3N4O4. The quantitative estimate of drug-likeness (QED) is 0.604. The molecule has 1 aromatic carbocycles. The average Bonchev–Trinajstić information content (AvgIpc) is 3.22. The zero-order valence-electron chi connectivity index (χ0n) is 14.9. The van der Waals surface area contributed by atoms with Crippen molar-refractivity contribution in [3.8, 4) is 16.9 Å². The molecule has 0 aliphatic carbocycles. The van der Waals surface area contributed by atoms with E-state index >= 15 is 0 Å². The van der Waals surface area contributed by atoms with Gasteiger partial charge in [-0.05, 0) is 17.7 Å². The Labute approximate surface area is 162 Å². The van der Waals surface area contributed by atoms with Crippen molar-refractivity contribution < 1.29 is 32.9 Å². The Bertz CT molecular complexity index is 1020. The molecule has 154 valence electrons. The molecular weight excluding hydrogens is 393 g/mol. The second kappa shape index (κ2) is 7.17. The maximum Gasteiger partial charge on any atom is 0.573 e. The van der Waals surface area contributed by atoms with Crippen LogP contribution in [-0.4, -0.2) is 49.9 Å². The van der Waals surface area contributed by atoms with E-state index in [0.29, 0.717) is 22.2 Å². The number of nitrogen functional groups attached to an aromatic ring is 1. The Kier molecular flexibility index (Phi) is 4.81. The normalized spacial score (nSPS) is 22.3. The third kappa shape index (κ3) is 3.71. The van der Waals surface area contributed by atoms with Crippen molar-refractivity contribution in [2.75, 3.05) is 12.3 Å². The molecule has 0 radical (unpaired) electrons. The minimum atomic E-state index is -4.78. The second-order valence-electron chi connectivity index (χ2n) is 6.61. The first-order valence-corrected chi connectivity index (χ1v) is 8.68. The largest absolute Gasteiger partial charge is 0.573 e. The molecule has 1 fully saturated rings. The van der Waals surface area contributed by atoms with Crippen molar-refractivity contribution in [3.05, 3.63) is 36.8 Å². The lowest BCUT2D eigenvalue weighted by atomic mass is 10.1. The maximum atomic E-state index is 12.4. The number of aliphatic hydroxyl groups is 2. The topological polar surface area (TPSA) is 116 Å². The summed E-state index contributed by atoms with van der Waals surface area (Å²) >= 11 is 0. The lowest BCUT2D eigenvalue weighted by Gasteiger charge is -2.17. The van der Waals surface area contributed by atoms with Crippen LogP contribution in [-0.2, 0) is 4.74 Å². The molecule has 11 heteroatoms. The number of rotatable bonds is 4. The van der Waals surface area contributed by atoms with Gasteiger partial charge in [0.05, 0.1) is 18.1 Å². The first-order chi connectivity index (χ1) is 13.8. The first kappa shape index (κ1) is 19.4. The van der Waals surface area contributed by atoms with Crippen LogP contribution in [0.15, 0.2) is 36.8 Å². The zero-order valence-corrected chi connectivity index (χ0v) is 14.9. The van der Waals surface area contributed by atoms with Crippen LogP contribution in [0.25, 0.3) is 22.2 Å². The molecule has 3 aromatic rings. The predicted molar refractivity (Wildman–Crippen MR) is 95.7 cm³/mol. The molecule has 8 nitrogen and oxygen atoms in total. The van der Waals surface area contributed by atoms with E-state index in [9.17, 15) is 23.4 Å². The van der Waals surface area contributed by atoms with Crippen LogP contribution in [0.5, 0.6) is 5.75 Å². The fourth-order valence-corrected chi connectivity index (χ4v) is 3.46. The average molecular weight is 410 g/mol. The number of fused-ring (bicyclic) bond motifs is 1. The number of nitrogens with two attached hydrogens (primary N) is 1. The van der Waals surface area contributed by atoms with E-state index < -0.39 is 24.8 Å². The molecule has 1 aliphatic heterocycles. The monoisotopic (exact) mass is 410 g/mol. The number of alkyl halides is 3. The van der Waals surface area contributed by atoms with E-state index in [2.05, 4.69) is 14.7 Å². The van der Waals surface area contributed by atoms with Crippen LogP contribution in [0, 0.1) is 0 Å². The van der Waals surface area contributed by atoms with Crippen molar-refractivity contribution >= 4 is 16.9 Å². The summed E-state index contributed by atoms with van der Waals surface area (Å²) in [5.74, 6) is -0.180. The van der Waals surface area contributed by atoms with E-state index in [1.54, 1.807) is 10.8 Å². The Morgan fingerprint density at radius 3 is 2.59 bits per heavy atom. The zero-order chi connectivity index (χ0) is 20.8. The Hall–Kier alpha value is -2.89. The van der Waals surface area contributed by atoms with Crippen LogP contribution in [0.2, 0.25) is 0 Å². The summed E-state index contributed by atoms with van der Waals surface area (Å²) in [7, 11) is 0. The molecule has 29 heavy (non-hydrogen) atoms.